The lowest BCUT2D eigenvalue weighted by molar-refractivity contribution is 0.0975. The number of carbonyl (C=O) groups excluding carboxylic acids is 1. The summed E-state index contributed by atoms with van der Waals surface area (Å²) >= 11 is 0. The first-order chi connectivity index (χ1) is 6.65. The molecular weight excluding hydrogens is 179 g/mol. The average Bonchev–Trinajstić information content (AvgIpc) is 2.86. The number of hydrogen-bond donors (Lipinski definition) is 0. The van der Waals surface area contributed by atoms with Crippen LogP contribution in [0.5, 0.6) is 0 Å². The number of aryl methyl sites for hydroxylation is 1. The third-order valence-electron chi connectivity index (χ3n) is 2.54. The zero-order valence-corrected chi connectivity index (χ0v) is 8.22. The second-order valence-corrected chi connectivity index (χ2v) is 4.09. The van der Waals surface area contributed by atoms with Gasteiger partial charge in [-0.2, -0.15) is 0 Å². The molecule has 74 valence electrons. The first-order valence-corrected chi connectivity index (χ1v) is 4.95. The quantitative estimate of drug-likeness (QED) is 0.672. The highest BCUT2D eigenvalue weighted by molar-refractivity contribution is 5.96. The molecule has 1 aromatic carbocycles. The van der Waals surface area contributed by atoms with Crippen molar-refractivity contribution in [1.82, 2.24) is 0 Å². The van der Waals surface area contributed by atoms with Crippen LogP contribution < -0.4 is 0 Å². The molecule has 0 radical (unpaired) electrons. The Bertz CT molecular complexity index is 346. The zero-order chi connectivity index (χ0) is 10.1. The summed E-state index contributed by atoms with van der Waals surface area (Å²) in [6, 6.07) is 4.53. The van der Waals surface area contributed by atoms with Crippen molar-refractivity contribution < 1.29 is 9.18 Å². The van der Waals surface area contributed by atoms with Crippen LogP contribution in [-0.4, -0.2) is 5.78 Å². The lowest BCUT2D eigenvalue weighted by atomic mass is 10.0. The fourth-order valence-electron chi connectivity index (χ4n) is 1.60. The number of carbonyl (C=O) groups is 1. The molecule has 1 saturated carbocycles. The smallest absolute Gasteiger partial charge is 0.163 e. The van der Waals surface area contributed by atoms with Gasteiger partial charge in [0.2, 0.25) is 0 Å². The van der Waals surface area contributed by atoms with Gasteiger partial charge >= 0.3 is 0 Å². The van der Waals surface area contributed by atoms with Gasteiger partial charge in [-0.1, -0.05) is 0 Å². The molecule has 0 unspecified atom stereocenters. The Morgan fingerprint density at radius 2 is 2.14 bits per heavy atom. The minimum absolute atomic E-state index is 0.0788. The van der Waals surface area contributed by atoms with Crippen molar-refractivity contribution in [2.75, 3.05) is 0 Å². The highest BCUT2D eigenvalue weighted by Crippen LogP contribution is 2.33. The van der Waals surface area contributed by atoms with Gasteiger partial charge in [-0.25, -0.2) is 4.39 Å². The average molecular weight is 192 g/mol. The van der Waals surface area contributed by atoms with Gasteiger partial charge < -0.3 is 0 Å². The predicted octanol–water partition coefficient (Wildman–Crippen LogP) is 3.12. The normalized spacial score (nSPS) is 15.6. The third kappa shape index (κ3) is 2.19. The maximum Gasteiger partial charge on any atom is 0.163 e. The van der Waals surface area contributed by atoms with Gasteiger partial charge in [-0.05, 0) is 49.4 Å². The summed E-state index contributed by atoms with van der Waals surface area (Å²) in [5.41, 5.74) is 1.33. The molecule has 1 aliphatic carbocycles. The van der Waals surface area contributed by atoms with E-state index < -0.39 is 0 Å². The Morgan fingerprint density at radius 3 is 2.71 bits per heavy atom. The Labute approximate surface area is 82.9 Å². The van der Waals surface area contributed by atoms with E-state index in [1.165, 1.54) is 12.1 Å². The van der Waals surface area contributed by atoms with Gasteiger partial charge in [-0.15, -0.1) is 0 Å². The highest BCUT2D eigenvalue weighted by Gasteiger charge is 2.25. The van der Waals surface area contributed by atoms with E-state index in [2.05, 4.69) is 0 Å². The molecule has 0 saturated heterocycles. The minimum atomic E-state index is -0.316. The van der Waals surface area contributed by atoms with Crippen molar-refractivity contribution in [3.63, 3.8) is 0 Å². The topological polar surface area (TPSA) is 17.1 Å². The number of ketones is 1. The van der Waals surface area contributed by atoms with E-state index in [4.69, 9.17) is 0 Å². The summed E-state index contributed by atoms with van der Waals surface area (Å²) in [7, 11) is 0. The predicted molar refractivity (Wildman–Crippen MR) is 52.8 cm³/mol. The van der Waals surface area contributed by atoms with Crippen molar-refractivity contribution in [3.8, 4) is 0 Å². The summed E-state index contributed by atoms with van der Waals surface area (Å²) in [6.07, 6.45) is 2.89. The van der Waals surface area contributed by atoms with E-state index >= 15 is 0 Å². The molecule has 0 atom stereocenters. The van der Waals surface area contributed by atoms with Crippen LogP contribution in [0.3, 0.4) is 0 Å². The molecule has 1 fully saturated rings. The van der Waals surface area contributed by atoms with Gasteiger partial charge in [0.25, 0.3) is 0 Å². The third-order valence-corrected chi connectivity index (χ3v) is 2.54. The van der Waals surface area contributed by atoms with E-state index in [1.54, 1.807) is 13.0 Å². The first kappa shape index (κ1) is 9.38. The number of hydrogen-bond acceptors (Lipinski definition) is 1. The molecule has 0 bridgehead atoms. The number of halogens is 1. The summed E-state index contributed by atoms with van der Waals surface area (Å²) < 4.78 is 13.0. The van der Waals surface area contributed by atoms with Gasteiger partial charge in [0.05, 0.1) is 0 Å². The standard InChI is InChI=1S/C12H13FO/c1-8-4-10(7-11(13)5-8)12(14)6-9-2-3-9/h4-5,7,9H,2-3,6H2,1H3. The largest absolute Gasteiger partial charge is 0.294 e. The lowest BCUT2D eigenvalue weighted by Gasteiger charge is -2.01. The molecule has 0 heterocycles. The zero-order valence-electron chi connectivity index (χ0n) is 8.22. The summed E-state index contributed by atoms with van der Waals surface area (Å²) in [5, 5.41) is 0. The summed E-state index contributed by atoms with van der Waals surface area (Å²) in [4.78, 5) is 11.6. The van der Waals surface area contributed by atoms with Crippen molar-refractivity contribution in [2.45, 2.75) is 26.2 Å². The highest BCUT2D eigenvalue weighted by atomic mass is 19.1. The SMILES string of the molecule is Cc1cc(F)cc(C(=O)CC2CC2)c1. The van der Waals surface area contributed by atoms with E-state index in [9.17, 15) is 9.18 Å². The van der Waals surface area contributed by atoms with Gasteiger partial charge in [0.1, 0.15) is 5.82 Å². The molecule has 2 rings (SSSR count). The van der Waals surface area contributed by atoms with Crippen molar-refractivity contribution >= 4 is 5.78 Å². The molecule has 0 aromatic heterocycles. The van der Waals surface area contributed by atoms with E-state index in [-0.39, 0.29) is 11.6 Å². The molecule has 2 heteroatoms. The Kier molecular flexibility index (Phi) is 2.36. The summed E-state index contributed by atoms with van der Waals surface area (Å²) in [5.74, 6) is 0.324. The van der Waals surface area contributed by atoms with Crippen LogP contribution in [-0.2, 0) is 0 Å². The van der Waals surface area contributed by atoms with Crippen LogP contribution in [0.2, 0.25) is 0 Å². The van der Waals surface area contributed by atoms with E-state index in [0.717, 1.165) is 18.4 Å². The lowest BCUT2D eigenvalue weighted by Crippen LogP contribution is -2.01. The van der Waals surface area contributed by atoms with Crippen LogP contribution in [0, 0.1) is 18.7 Å². The second-order valence-electron chi connectivity index (χ2n) is 4.09. The van der Waals surface area contributed by atoms with Crippen LogP contribution in [0.1, 0.15) is 35.2 Å². The van der Waals surface area contributed by atoms with Crippen LogP contribution in [0.4, 0.5) is 4.39 Å². The van der Waals surface area contributed by atoms with Crippen molar-refractivity contribution in [3.05, 3.63) is 35.1 Å². The molecule has 1 aliphatic rings. The molecular formula is C12H13FO. The molecule has 14 heavy (non-hydrogen) atoms. The van der Waals surface area contributed by atoms with Crippen molar-refractivity contribution in [1.29, 1.82) is 0 Å². The fourth-order valence-corrected chi connectivity index (χ4v) is 1.60. The molecule has 0 aliphatic heterocycles. The molecule has 0 N–H and O–H groups in total. The maximum atomic E-state index is 13.0. The van der Waals surface area contributed by atoms with Crippen LogP contribution >= 0.6 is 0 Å². The van der Waals surface area contributed by atoms with Gasteiger partial charge in [-0.3, -0.25) is 4.79 Å². The molecule has 0 amide bonds. The Balaban J connectivity index is 2.17. The van der Waals surface area contributed by atoms with Gasteiger partial charge in [0.15, 0.2) is 5.78 Å². The minimum Gasteiger partial charge on any atom is -0.294 e. The van der Waals surface area contributed by atoms with Crippen LogP contribution in [0.25, 0.3) is 0 Å². The van der Waals surface area contributed by atoms with Crippen molar-refractivity contribution in [2.24, 2.45) is 5.92 Å². The first-order valence-electron chi connectivity index (χ1n) is 4.95. The number of rotatable bonds is 3. The Hall–Kier alpha value is -1.18. The second kappa shape index (κ2) is 3.52. The molecule has 1 nitrogen and oxygen atoms in total. The maximum absolute atomic E-state index is 13.0. The molecule has 1 aromatic rings. The van der Waals surface area contributed by atoms with Crippen LogP contribution in [0.15, 0.2) is 18.2 Å². The van der Waals surface area contributed by atoms with E-state index in [1.807, 2.05) is 0 Å². The number of benzene rings is 1. The number of Topliss-reactive ketones (excluding diaryl/α,β-unsaturated/α-hetero) is 1. The van der Waals surface area contributed by atoms with E-state index in [0.29, 0.717) is 17.9 Å². The summed E-state index contributed by atoms with van der Waals surface area (Å²) in [6.45, 7) is 1.80. The fraction of sp³-hybridized carbons (Fsp3) is 0.417. The Morgan fingerprint density at radius 1 is 1.43 bits per heavy atom. The molecule has 0 spiro atoms. The monoisotopic (exact) mass is 192 g/mol. The van der Waals surface area contributed by atoms with Gasteiger partial charge in [0, 0.05) is 12.0 Å².